The second-order valence-corrected chi connectivity index (χ2v) is 8.40. The van der Waals surface area contributed by atoms with Crippen LogP contribution in [0.2, 0.25) is 0 Å². The summed E-state index contributed by atoms with van der Waals surface area (Å²) < 4.78 is 6.36. The molecule has 0 saturated carbocycles. The molecule has 1 aromatic heterocycles. The van der Waals surface area contributed by atoms with Crippen molar-refractivity contribution >= 4 is 39.8 Å². The van der Waals surface area contributed by atoms with Gasteiger partial charge in [-0.1, -0.05) is 65.6 Å². The molecular formula is C20H22N4O2S2. The Morgan fingerprint density at radius 1 is 1.14 bits per heavy atom. The quantitative estimate of drug-likeness (QED) is 0.543. The summed E-state index contributed by atoms with van der Waals surface area (Å²) in [6.45, 7) is 2.53. The van der Waals surface area contributed by atoms with E-state index in [4.69, 9.17) is 4.74 Å². The van der Waals surface area contributed by atoms with E-state index in [2.05, 4.69) is 15.5 Å². The lowest BCUT2D eigenvalue weighted by Crippen LogP contribution is -2.26. The number of ether oxygens (including phenoxy) is 1. The Bertz CT molecular complexity index is 915. The largest absolute Gasteiger partial charge is 0.492 e. The molecule has 0 aliphatic heterocycles. The number of para-hydroxylation sites is 2. The van der Waals surface area contributed by atoms with Crippen LogP contribution in [0.5, 0.6) is 5.75 Å². The van der Waals surface area contributed by atoms with E-state index < -0.39 is 0 Å². The van der Waals surface area contributed by atoms with Crippen molar-refractivity contribution in [2.75, 3.05) is 26.0 Å². The number of benzene rings is 2. The first-order valence-electron chi connectivity index (χ1n) is 8.83. The van der Waals surface area contributed by atoms with E-state index in [0.29, 0.717) is 11.7 Å². The van der Waals surface area contributed by atoms with Crippen LogP contribution in [-0.2, 0) is 4.79 Å². The molecule has 0 saturated heterocycles. The van der Waals surface area contributed by atoms with Crippen molar-refractivity contribution < 1.29 is 9.53 Å². The third-order valence-corrected chi connectivity index (χ3v) is 5.99. The summed E-state index contributed by atoms with van der Waals surface area (Å²) in [7, 11) is 3.52. The van der Waals surface area contributed by atoms with Gasteiger partial charge < -0.3 is 15.0 Å². The molecule has 1 amide bonds. The first-order chi connectivity index (χ1) is 13.6. The van der Waals surface area contributed by atoms with Gasteiger partial charge >= 0.3 is 0 Å². The van der Waals surface area contributed by atoms with Crippen LogP contribution in [0.4, 0.5) is 10.8 Å². The SMILES string of the molecule is CCOc1ccccc1Nc1nnc(SC(C(=O)N(C)C)c2ccccc2)s1. The van der Waals surface area contributed by atoms with Crippen LogP contribution in [0.15, 0.2) is 58.9 Å². The molecule has 0 radical (unpaired) electrons. The van der Waals surface area contributed by atoms with Gasteiger partial charge in [0.1, 0.15) is 11.0 Å². The Kier molecular flexibility index (Phi) is 6.89. The summed E-state index contributed by atoms with van der Waals surface area (Å²) in [5, 5.41) is 12.0. The standard InChI is InChI=1S/C20H22N4O2S2/c1-4-26-16-13-9-8-12-15(16)21-19-22-23-20(28-19)27-17(18(25)24(2)3)14-10-6-5-7-11-14/h5-13,17H,4H2,1-3H3,(H,21,22). The van der Waals surface area contributed by atoms with Crippen LogP contribution in [0, 0.1) is 0 Å². The molecule has 1 atom stereocenters. The number of anilines is 2. The molecule has 8 heteroatoms. The molecule has 146 valence electrons. The third-order valence-electron chi connectivity index (χ3n) is 3.82. The Morgan fingerprint density at radius 3 is 2.57 bits per heavy atom. The lowest BCUT2D eigenvalue weighted by molar-refractivity contribution is -0.128. The highest BCUT2D eigenvalue weighted by Crippen LogP contribution is 2.39. The van der Waals surface area contributed by atoms with Gasteiger partial charge in [-0.25, -0.2) is 0 Å². The molecule has 0 aliphatic rings. The highest BCUT2D eigenvalue weighted by molar-refractivity contribution is 8.01. The average molecular weight is 415 g/mol. The lowest BCUT2D eigenvalue weighted by atomic mass is 10.1. The zero-order valence-corrected chi connectivity index (χ0v) is 17.6. The van der Waals surface area contributed by atoms with Crippen molar-refractivity contribution in [3.8, 4) is 5.75 Å². The number of nitrogens with zero attached hydrogens (tertiary/aromatic N) is 3. The minimum atomic E-state index is -0.368. The predicted molar refractivity (Wildman–Crippen MR) is 115 cm³/mol. The molecular weight excluding hydrogens is 392 g/mol. The Balaban J connectivity index is 1.78. The molecule has 1 N–H and O–H groups in total. The Labute approximate surface area is 172 Å². The maximum absolute atomic E-state index is 12.7. The number of hydrogen-bond donors (Lipinski definition) is 1. The van der Waals surface area contributed by atoms with Gasteiger partial charge in [0.2, 0.25) is 11.0 Å². The topological polar surface area (TPSA) is 67.3 Å². The van der Waals surface area contributed by atoms with Gasteiger partial charge in [0.05, 0.1) is 12.3 Å². The van der Waals surface area contributed by atoms with Crippen LogP contribution in [0.25, 0.3) is 0 Å². The summed E-state index contributed by atoms with van der Waals surface area (Å²) >= 11 is 2.82. The minimum Gasteiger partial charge on any atom is -0.492 e. The average Bonchev–Trinajstić information content (AvgIpc) is 3.15. The van der Waals surface area contributed by atoms with Crippen molar-refractivity contribution in [3.63, 3.8) is 0 Å². The van der Waals surface area contributed by atoms with Gasteiger partial charge in [0.25, 0.3) is 0 Å². The zero-order valence-electron chi connectivity index (χ0n) is 16.0. The number of carbonyl (C=O) groups excluding carboxylic acids is 1. The maximum atomic E-state index is 12.7. The van der Waals surface area contributed by atoms with E-state index in [-0.39, 0.29) is 11.2 Å². The summed E-state index contributed by atoms with van der Waals surface area (Å²) in [5.41, 5.74) is 1.78. The number of rotatable bonds is 8. The molecule has 0 aliphatic carbocycles. The van der Waals surface area contributed by atoms with Crippen molar-refractivity contribution in [2.45, 2.75) is 16.5 Å². The van der Waals surface area contributed by atoms with Crippen LogP contribution in [-0.4, -0.2) is 41.7 Å². The summed E-state index contributed by atoms with van der Waals surface area (Å²) in [6, 6.07) is 17.4. The molecule has 1 heterocycles. The summed E-state index contributed by atoms with van der Waals surface area (Å²) in [6.07, 6.45) is 0. The highest BCUT2D eigenvalue weighted by Gasteiger charge is 2.25. The van der Waals surface area contributed by atoms with Crippen molar-refractivity contribution in [3.05, 3.63) is 60.2 Å². The van der Waals surface area contributed by atoms with Crippen molar-refractivity contribution in [1.82, 2.24) is 15.1 Å². The van der Waals surface area contributed by atoms with E-state index in [9.17, 15) is 4.79 Å². The predicted octanol–water partition coefficient (Wildman–Crippen LogP) is 4.60. The number of likely N-dealkylation sites (N-methyl/N-ethyl adjacent to an activating group) is 1. The van der Waals surface area contributed by atoms with Crippen molar-refractivity contribution in [1.29, 1.82) is 0 Å². The van der Waals surface area contributed by atoms with Gasteiger partial charge in [-0.2, -0.15) is 0 Å². The van der Waals surface area contributed by atoms with Crippen LogP contribution in [0.1, 0.15) is 17.7 Å². The second kappa shape index (κ2) is 9.57. The molecule has 0 fully saturated rings. The van der Waals surface area contributed by atoms with Crippen molar-refractivity contribution in [2.24, 2.45) is 0 Å². The van der Waals surface area contributed by atoms with E-state index in [1.165, 1.54) is 23.1 Å². The smallest absolute Gasteiger partial charge is 0.240 e. The molecule has 28 heavy (non-hydrogen) atoms. The molecule has 0 bridgehead atoms. The lowest BCUT2D eigenvalue weighted by Gasteiger charge is -2.19. The monoisotopic (exact) mass is 414 g/mol. The van der Waals surface area contributed by atoms with E-state index in [1.54, 1.807) is 19.0 Å². The minimum absolute atomic E-state index is 0.0163. The van der Waals surface area contributed by atoms with Crippen LogP contribution in [0.3, 0.4) is 0 Å². The third kappa shape index (κ3) is 5.02. The van der Waals surface area contributed by atoms with Gasteiger partial charge in [-0.15, -0.1) is 10.2 Å². The zero-order chi connectivity index (χ0) is 19.9. The molecule has 3 aromatic rings. The van der Waals surface area contributed by atoms with Gasteiger partial charge in [-0.3, -0.25) is 4.79 Å². The highest BCUT2D eigenvalue weighted by atomic mass is 32.2. The molecule has 2 aromatic carbocycles. The first kappa shape index (κ1) is 20.2. The van der Waals surface area contributed by atoms with Gasteiger partial charge in [-0.05, 0) is 24.6 Å². The number of hydrogen-bond acceptors (Lipinski definition) is 7. The summed E-state index contributed by atoms with van der Waals surface area (Å²) in [4.78, 5) is 14.3. The number of carbonyl (C=O) groups is 1. The second-order valence-electron chi connectivity index (χ2n) is 6.07. The number of nitrogens with one attached hydrogen (secondary N) is 1. The number of amides is 1. The Hall–Kier alpha value is -2.58. The van der Waals surface area contributed by atoms with Gasteiger partial charge in [0, 0.05) is 14.1 Å². The Morgan fingerprint density at radius 2 is 1.86 bits per heavy atom. The first-order valence-corrected chi connectivity index (χ1v) is 10.5. The molecule has 3 rings (SSSR count). The molecule has 6 nitrogen and oxygen atoms in total. The normalized spacial score (nSPS) is 11.7. The maximum Gasteiger partial charge on any atom is 0.240 e. The summed E-state index contributed by atoms with van der Waals surface area (Å²) in [5.74, 6) is 0.780. The van der Waals surface area contributed by atoms with E-state index in [0.717, 1.165) is 21.3 Å². The van der Waals surface area contributed by atoms with Crippen LogP contribution >= 0.6 is 23.1 Å². The fraction of sp³-hybridized carbons (Fsp3) is 0.250. The fourth-order valence-electron chi connectivity index (χ4n) is 2.50. The van der Waals surface area contributed by atoms with Gasteiger partial charge in [0.15, 0.2) is 4.34 Å². The molecule has 0 spiro atoms. The van der Waals surface area contributed by atoms with Crippen LogP contribution < -0.4 is 10.1 Å². The molecule has 1 unspecified atom stereocenters. The van der Waals surface area contributed by atoms with E-state index in [1.807, 2.05) is 61.5 Å². The van der Waals surface area contributed by atoms with E-state index >= 15 is 0 Å². The number of aromatic nitrogens is 2. The fourth-order valence-corrected chi connectivity index (χ4v) is 4.60. The number of thioether (sulfide) groups is 1.